The summed E-state index contributed by atoms with van der Waals surface area (Å²) in [6.45, 7) is 1.87. The molecule has 0 aliphatic rings. The first kappa shape index (κ1) is 14.8. The van der Waals surface area contributed by atoms with Crippen LogP contribution in [0.3, 0.4) is 0 Å². The van der Waals surface area contributed by atoms with E-state index < -0.39 is 0 Å². The van der Waals surface area contributed by atoms with Crippen LogP contribution in [0.25, 0.3) is 22.4 Å². The van der Waals surface area contributed by atoms with Crippen LogP contribution in [0.1, 0.15) is 11.3 Å². The number of nitriles is 1. The highest BCUT2D eigenvalue weighted by Gasteiger charge is 2.12. The van der Waals surface area contributed by atoms with Crippen LogP contribution in [-0.2, 0) is 0 Å². The Morgan fingerprint density at radius 1 is 0.957 bits per heavy atom. The second-order valence-electron chi connectivity index (χ2n) is 5.22. The lowest BCUT2D eigenvalue weighted by Gasteiger charge is -2.11. The number of pyridine rings is 1. The fourth-order valence-electron chi connectivity index (χ4n) is 2.57. The summed E-state index contributed by atoms with van der Waals surface area (Å²) in [5.41, 5.74) is 5.13. The van der Waals surface area contributed by atoms with Gasteiger partial charge in [-0.3, -0.25) is 4.98 Å². The Morgan fingerprint density at radius 2 is 1.65 bits per heavy atom. The number of hydrogen-bond donors (Lipinski definition) is 0. The molecule has 3 rings (SSSR count). The van der Waals surface area contributed by atoms with Gasteiger partial charge >= 0.3 is 0 Å². The average molecular weight is 300 g/mol. The monoisotopic (exact) mass is 300 g/mol. The molecule has 0 aliphatic carbocycles. The predicted octanol–water partition coefficient (Wildman–Crippen LogP) is 4.60. The summed E-state index contributed by atoms with van der Waals surface area (Å²) in [6.07, 6.45) is 0. The van der Waals surface area contributed by atoms with E-state index in [9.17, 15) is 5.26 Å². The van der Waals surface area contributed by atoms with E-state index >= 15 is 0 Å². The smallest absolute Gasteiger partial charge is 0.118 e. The summed E-state index contributed by atoms with van der Waals surface area (Å²) in [5, 5.41) is 9.48. The van der Waals surface area contributed by atoms with Gasteiger partial charge in [-0.25, -0.2) is 0 Å². The van der Waals surface area contributed by atoms with Crippen molar-refractivity contribution in [3.05, 3.63) is 71.9 Å². The highest BCUT2D eigenvalue weighted by atomic mass is 16.5. The molecule has 3 heteroatoms. The van der Waals surface area contributed by atoms with Gasteiger partial charge in [0.05, 0.1) is 24.1 Å². The Bertz CT molecular complexity index is 863. The van der Waals surface area contributed by atoms with Gasteiger partial charge < -0.3 is 4.74 Å². The molecule has 3 nitrogen and oxygen atoms in total. The molecule has 2 aromatic carbocycles. The number of benzene rings is 2. The Morgan fingerprint density at radius 3 is 2.26 bits per heavy atom. The number of methoxy groups -OCH3 is 1. The third-order valence-electron chi connectivity index (χ3n) is 3.78. The Hall–Kier alpha value is -3.12. The molecule has 1 heterocycles. The van der Waals surface area contributed by atoms with Gasteiger partial charge in [-0.1, -0.05) is 30.3 Å². The highest BCUT2D eigenvalue weighted by Crippen LogP contribution is 2.30. The van der Waals surface area contributed by atoms with E-state index in [4.69, 9.17) is 4.74 Å². The van der Waals surface area contributed by atoms with E-state index in [1.54, 1.807) is 7.11 Å². The minimum Gasteiger partial charge on any atom is -0.497 e. The maximum atomic E-state index is 9.48. The SMILES string of the molecule is COc1ccc(-c2cc(-c3ccccc3)c(C#N)c(C)n2)cc1. The quantitative estimate of drug-likeness (QED) is 0.710. The van der Waals surface area contributed by atoms with Crippen LogP contribution in [0.15, 0.2) is 60.7 Å². The molecule has 0 radical (unpaired) electrons. The molecule has 0 fully saturated rings. The summed E-state index contributed by atoms with van der Waals surface area (Å²) in [7, 11) is 1.65. The predicted molar refractivity (Wildman–Crippen MR) is 91.1 cm³/mol. The first-order valence-electron chi connectivity index (χ1n) is 7.34. The molecule has 0 bridgehead atoms. The third kappa shape index (κ3) is 2.93. The van der Waals surface area contributed by atoms with Crippen molar-refractivity contribution in [2.45, 2.75) is 6.92 Å². The number of ether oxygens (including phenoxy) is 1. The zero-order chi connectivity index (χ0) is 16.2. The van der Waals surface area contributed by atoms with Crippen LogP contribution in [-0.4, -0.2) is 12.1 Å². The molecule has 23 heavy (non-hydrogen) atoms. The highest BCUT2D eigenvalue weighted by molar-refractivity contribution is 5.76. The van der Waals surface area contributed by atoms with E-state index in [0.29, 0.717) is 5.56 Å². The molecule has 112 valence electrons. The molecule has 0 unspecified atom stereocenters. The summed E-state index contributed by atoms with van der Waals surface area (Å²) in [4.78, 5) is 4.59. The summed E-state index contributed by atoms with van der Waals surface area (Å²) < 4.78 is 5.19. The Balaban J connectivity index is 2.16. The summed E-state index contributed by atoms with van der Waals surface area (Å²) in [6, 6.07) is 21.9. The lowest BCUT2D eigenvalue weighted by molar-refractivity contribution is 0.415. The fourth-order valence-corrected chi connectivity index (χ4v) is 2.57. The van der Waals surface area contributed by atoms with Gasteiger partial charge in [-0.2, -0.15) is 5.26 Å². The van der Waals surface area contributed by atoms with E-state index in [1.165, 1.54) is 0 Å². The molecule has 0 N–H and O–H groups in total. The molecule has 0 atom stereocenters. The van der Waals surface area contributed by atoms with Crippen molar-refractivity contribution >= 4 is 0 Å². The fraction of sp³-hybridized carbons (Fsp3) is 0.100. The number of aromatic nitrogens is 1. The molecular weight excluding hydrogens is 284 g/mol. The van der Waals surface area contributed by atoms with Crippen LogP contribution in [0.4, 0.5) is 0 Å². The van der Waals surface area contributed by atoms with Gasteiger partial charge in [-0.05, 0) is 42.8 Å². The molecule has 0 saturated carbocycles. The molecular formula is C20H16N2O. The van der Waals surface area contributed by atoms with Crippen LogP contribution >= 0.6 is 0 Å². The minimum atomic E-state index is 0.619. The third-order valence-corrected chi connectivity index (χ3v) is 3.78. The molecule has 0 saturated heterocycles. The standard InChI is InChI=1S/C20H16N2O/c1-14-19(13-21)18(15-6-4-3-5-7-15)12-20(22-14)16-8-10-17(23-2)11-9-16/h3-12H,1-2H3. The molecule has 0 spiro atoms. The van der Waals surface area contributed by atoms with Crippen molar-refractivity contribution in [2.24, 2.45) is 0 Å². The molecule has 0 amide bonds. The van der Waals surface area contributed by atoms with E-state index in [2.05, 4.69) is 11.1 Å². The van der Waals surface area contributed by atoms with Crippen molar-refractivity contribution < 1.29 is 4.74 Å². The second kappa shape index (κ2) is 6.33. The van der Waals surface area contributed by atoms with Crippen LogP contribution in [0.2, 0.25) is 0 Å². The van der Waals surface area contributed by atoms with E-state index in [1.807, 2.05) is 67.6 Å². The number of rotatable bonds is 3. The van der Waals surface area contributed by atoms with Crippen molar-refractivity contribution in [2.75, 3.05) is 7.11 Å². The van der Waals surface area contributed by atoms with Crippen molar-refractivity contribution in [1.82, 2.24) is 4.98 Å². The lowest BCUT2D eigenvalue weighted by atomic mass is 9.97. The average Bonchev–Trinajstić information content (AvgIpc) is 2.62. The first-order valence-corrected chi connectivity index (χ1v) is 7.34. The zero-order valence-corrected chi connectivity index (χ0v) is 13.1. The van der Waals surface area contributed by atoms with Crippen LogP contribution < -0.4 is 4.74 Å². The van der Waals surface area contributed by atoms with Crippen molar-refractivity contribution in [1.29, 1.82) is 5.26 Å². The largest absolute Gasteiger partial charge is 0.497 e. The van der Waals surface area contributed by atoms with Gasteiger partial charge in [0.1, 0.15) is 11.8 Å². The number of aryl methyl sites for hydroxylation is 1. The van der Waals surface area contributed by atoms with Gasteiger partial charge in [0.2, 0.25) is 0 Å². The zero-order valence-electron chi connectivity index (χ0n) is 13.1. The summed E-state index contributed by atoms with van der Waals surface area (Å²) in [5.74, 6) is 0.808. The van der Waals surface area contributed by atoms with Crippen LogP contribution in [0.5, 0.6) is 5.75 Å². The maximum absolute atomic E-state index is 9.48. The topological polar surface area (TPSA) is 45.9 Å². The van der Waals surface area contributed by atoms with Crippen molar-refractivity contribution in [3.8, 4) is 34.2 Å². The first-order chi connectivity index (χ1) is 11.2. The maximum Gasteiger partial charge on any atom is 0.118 e. The Labute approximate surface area is 135 Å². The van der Waals surface area contributed by atoms with Gasteiger partial charge in [0.15, 0.2) is 0 Å². The second-order valence-corrected chi connectivity index (χ2v) is 5.22. The minimum absolute atomic E-state index is 0.619. The molecule has 1 aromatic heterocycles. The number of hydrogen-bond acceptors (Lipinski definition) is 3. The molecule has 0 aliphatic heterocycles. The van der Waals surface area contributed by atoms with Crippen molar-refractivity contribution in [3.63, 3.8) is 0 Å². The summed E-state index contributed by atoms with van der Waals surface area (Å²) >= 11 is 0. The number of nitrogens with zero attached hydrogens (tertiary/aromatic N) is 2. The van der Waals surface area contributed by atoms with E-state index in [-0.39, 0.29) is 0 Å². The van der Waals surface area contributed by atoms with Crippen LogP contribution in [0, 0.1) is 18.3 Å². The van der Waals surface area contributed by atoms with Gasteiger partial charge in [0.25, 0.3) is 0 Å². The lowest BCUT2D eigenvalue weighted by Crippen LogP contribution is -1.96. The van der Waals surface area contributed by atoms with Gasteiger partial charge in [-0.15, -0.1) is 0 Å². The normalized spacial score (nSPS) is 10.1. The Kier molecular flexibility index (Phi) is 4.07. The van der Waals surface area contributed by atoms with Gasteiger partial charge in [0, 0.05) is 11.1 Å². The molecule has 3 aromatic rings. The van der Waals surface area contributed by atoms with E-state index in [0.717, 1.165) is 33.8 Å².